The summed E-state index contributed by atoms with van der Waals surface area (Å²) >= 11 is 1.30. The van der Waals surface area contributed by atoms with Gasteiger partial charge in [-0.05, 0) is 44.0 Å². The maximum absolute atomic E-state index is 12.4. The van der Waals surface area contributed by atoms with E-state index < -0.39 is 0 Å². The third-order valence-electron chi connectivity index (χ3n) is 4.72. The molecule has 1 aromatic heterocycles. The van der Waals surface area contributed by atoms with Crippen LogP contribution in [0.5, 0.6) is 0 Å². The van der Waals surface area contributed by atoms with Crippen molar-refractivity contribution in [2.75, 3.05) is 11.1 Å². The van der Waals surface area contributed by atoms with Crippen LogP contribution in [0.3, 0.4) is 0 Å². The van der Waals surface area contributed by atoms with Gasteiger partial charge in [0, 0.05) is 18.3 Å². The number of aryl methyl sites for hydroxylation is 3. The molecule has 3 rings (SSSR count). The summed E-state index contributed by atoms with van der Waals surface area (Å²) in [4.78, 5) is 24.6. The molecule has 0 unspecified atom stereocenters. The highest BCUT2D eigenvalue weighted by Gasteiger charge is 2.14. The van der Waals surface area contributed by atoms with Gasteiger partial charge in [0.15, 0.2) is 11.0 Å². The number of carbonyl (C=O) groups is 2. The fourth-order valence-electron chi connectivity index (χ4n) is 2.91. The average Bonchev–Trinajstić information content (AvgIpc) is 3.07. The molecule has 2 N–H and O–H groups in total. The molecule has 0 aliphatic carbocycles. The molecular weight excluding hydrogens is 398 g/mol. The fraction of sp³-hybridized carbons (Fsp3) is 0.273. The molecule has 7 nitrogen and oxygen atoms in total. The van der Waals surface area contributed by atoms with Gasteiger partial charge in [-0.2, -0.15) is 0 Å². The molecule has 30 heavy (non-hydrogen) atoms. The van der Waals surface area contributed by atoms with Crippen molar-refractivity contribution in [3.8, 4) is 0 Å². The average molecular weight is 424 g/mol. The molecule has 8 heteroatoms. The van der Waals surface area contributed by atoms with E-state index in [2.05, 4.69) is 20.8 Å². The predicted molar refractivity (Wildman–Crippen MR) is 119 cm³/mol. The Bertz CT molecular complexity index is 1040. The molecule has 0 bridgehead atoms. The number of benzene rings is 2. The van der Waals surface area contributed by atoms with Gasteiger partial charge in [-0.15, -0.1) is 10.2 Å². The van der Waals surface area contributed by atoms with Gasteiger partial charge >= 0.3 is 0 Å². The molecule has 0 spiro atoms. The third kappa shape index (κ3) is 5.27. The van der Waals surface area contributed by atoms with E-state index in [1.807, 2.05) is 58.2 Å². The Morgan fingerprint density at radius 3 is 2.33 bits per heavy atom. The largest absolute Gasteiger partial charge is 0.345 e. The molecule has 0 fully saturated rings. The van der Waals surface area contributed by atoms with Crippen molar-refractivity contribution >= 4 is 29.3 Å². The Labute approximate surface area is 180 Å². The first-order chi connectivity index (χ1) is 14.3. The molecule has 0 aliphatic heterocycles. The second kappa shape index (κ2) is 9.58. The summed E-state index contributed by atoms with van der Waals surface area (Å²) in [6.45, 7) is 6.17. The minimum absolute atomic E-state index is 0.102. The van der Waals surface area contributed by atoms with Gasteiger partial charge in [-0.25, -0.2) is 0 Å². The number of para-hydroxylation sites is 1. The van der Waals surface area contributed by atoms with Gasteiger partial charge in [0.25, 0.3) is 5.91 Å². The molecule has 2 aromatic carbocycles. The topological polar surface area (TPSA) is 88.9 Å². The van der Waals surface area contributed by atoms with Crippen molar-refractivity contribution in [1.82, 2.24) is 20.1 Å². The van der Waals surface area contributed by atoms with Crippen molar-refractivity contribution in [3.05, 3.63) is 70.5 Å². The number of rotatable bonds is 7. The van der Waals surface area contributed by atoms with Gasteiger partial charge in [0.05, 0.1) is 12.3 Å². The summed E-state index contributed by atoms with van der Waals surface area (Å²) in [5.74, 6) is 0.568. The molecule has 1 heterocycles. The van der Waals surface area contributed by atoms with Crippen LogP contribution in [0.25, 0.3) is 0 Å². The number of anilines is 1. The molecule has 0 saturated carbocycles. The van der Waals surface area contributed by atoms with E-state index in [-0.39, 0.29) is 24.1 Å². The highest BCUT2D eigenvalue weighted by Crippen LogP contribution is 2.21. The molecule has 3 aromatic rings. The molecule has 0 radical (unpaired) electrons. The Morgan fingerprint density at radius 1 is 1.00 bits per heavy atom. The standard InChI is InChI=1S/C22H25N5O2S/c1-14-8-10-17(11-9-14)21(29)23-12-18-25-26-22(27(18)4)30-13-19(28)24-20-15(2)6-5-7-16(20)3/h5-11H,12-13H2,1-4H3,(H,23,29)(H,24,28). The monoisotopic (exact) mass is 423 g/mol. The van der Waals surface area contributed by atoms with Crippen LogP contribution in [0.1, 0.15) is 32.9 Å². The number of aromatic nitrogens is 3. The quantitative estimate of drug-likeness (QED) is 0.569. The molecule has 2 amide bonds. The van der Waals surface area contributed by atoms with Crippen LogP contribution < -0.4 is 10.6 Å². The lowest BCUT2D eigenvalue weighted by molar-refractivity contribution is -0.113. The zero-order chi connectivity index (χ0) is 21.7. The molecule has 0 atom stereocenters. The predicted octanol–water partition coefficient (Wildman–Crippen LogP) is 3.40. The van der Waals surface area contributed by atoms with Gasteiger partial charge in [0.2, 0.25) is 5.91 Å². The number of hydrogen-bond donors (Lipinski definition) is 2. The number of nitrogens with zero attached hydrogens (tertiary/aromatic N) is 3. The zero-order valence-electron chi connectivity index (χ0n) is 17.5. The van der Waals surface area contributed by atoms with E-state index in [0.29, 0.717) is 16.5 Å². The molecule has 156 valence electrons. The van der Waals surface area contributed by atoms with E-state index in [1.54, 1.807) is 16.7 Å². The van der Waals surface area contributed by atoms with Crippen LogP contribution in [-0.4, -0.2) is 32.3 Å². The normalized spacial score (nSPS) is 10.7. The number of carbonyl (C=O) groups excluding carboxylic acids is 2. The Kier molecular flexibility index (Phi) is 6.89. The second-order valence-corrected chi connectivity index (χ2v) is 8.05. The minimum Gasteiger partial charge on any atom is -0.345 e. The van der Waals surface area contributed by atoms with Gasteiger partial charge in [-0.1, -0.05) is 47.7 Å². The molecule has 0 saturated heterocycles. The van der Waals surface area contributed by atoms with Crippen LogP contribution in [0.4, 0.5) is 5.69 Å². The number of hydrogen-bond acceptors (Lipinski definition) is 5. The van der Waals surface area contributed by atoms with E-state index in [9.17, 15) is 9.59 Å². The first kappa shape index (κ1) is 21.6. The summed E-state index contributed by atoms with van der Waals surface area (Å²) in [6.07, 6.45) is 0. The first-order valence-electron chi connectivity index (χ1n) is 9.57. The summed E-state index contributed by atoms with van der Waals surface area (Å²) in [5.41, 5.74) is 4.60. The summed E-state index contributed by atoms with van der Waals surface area (Å²) in [7, 11) is 1.82. The molecule has 0 aliphatic rings. The van der Waals surface area contributed by atoms with Gasteiger partial charge < -0.3 is 15.2 Å². The van der Waals surface area contributed by atoms with Crippen LogP contribution >= 0.6 is 11.8 Å². The lowest BCUT2D eigenvalue weighted by Crippen LogP contribution is -2.24. The van der Waals surface area contributed by atoms with E-state index in [4.69, 9.17) is 0 Å². The van der Waals surface area contributed by atoms with Crippen LogP contribution in [0.2, 0.25) is 0 Å². The highest BCUT2D eigenvalue weighted by atomic mass is 32.2. The lowest BCUT2D eigenvalue weighted by Gasteiger charge is -2.11. The number of amides is 2. The summed E-state index contributed by atoms with van der Waals surface area (Å²) in [6, 6.07) is 13.3. The number of thioether (sulfide) groups is 1. The first-order valence-corrected chi connectivity index (χ1v) is 10.6. The van der Waals surface area contributed by atoms with E-state index in [1.165, 1.54) is 11.8 Å². The Hall–Kier alpha value is -3.13. The smallest absolute Gasteiger partial charge is 0.251 e. The zero-order valence-corrected chi connectivity index (χ0v) is 18.3. The minimum atomic E-state index is -0.166. The number of nitrogens with one attached hydrogen (secondary N) is 2. The van der Waals surface area contributed by atoms with Crippen molar-refractivity contribution in [1.29, 1.82) is 0 Å². The lowest BCUT2D eigenvalue weighted by atomic mass is 10.1. The maximum Gasteiger partial charge on any atom is 0.251 e. The second-order valence-electron chi connectivity index (χ2n) is 7.11. The van der Waals surface area contributed by atoms with Gasteiger partial charge in [-0.3, -0.25) is 9.59 Å². The molecular formula is C22H25N5O2S. The van der Waals surface area contributed by atoms with E-state index in [0.717, 1.165) is 22.4 Å². The Morgan fingerprint density at radius 2 is 1.67 bits per heavy atom. The summed E-state index contributed by atoms with van der Waals surface area (Å²) in [5, 5.41) is 14.7. The highest BCUT2D eigenvalue weighted by molar-refractivity contribution is 7.99. The fourth-order valence-corrected chi connectivity index (χ4v) is 3.64. The van der Waals surface area contributed by atoms with Crippen LogP contribution in [0.15, 0.2) is 47.6 Å². The SMILES string of the molecule is Cc1ccc(C(=O)NCc2nnc(SCC(=O)Nc3c(C)cccc3C)n2C)cc1. The van der Waals surface area contributed by atoms with Crippen molar-refractivity contribution in [2.24, 2.45) is 7.05 Å². The van der Waals surface area contributed by atoms with E-state index >= 15 is 0 Å². The third-order valence-corrected chi connectivity index (χ3v) is 5.74. The Balaban J connectivity index is 1.54. The van der Waals surface area contributed by atoms with Crippen LogP contribution in [0, 0.1) is 20.8 Å². The summed E-state index contributed by atoms with van der Waals surface area (Å²) < 4.78 is 1.78. The van der Waals surface area contributed by atoms with Crippen LogP contribution in [-0.2, 0) is 18.4 Å². The van der Waals surface area contributed by atoms with Crippen molar-refractivity contribution in [2.45, 2.75) is 32.5 Å². The van der Waals surface area contributed by atoms with Crippen molar-refractivity contribution in [3.63, 3.8) is 0 Å². The van der Waals surface area contributed by atoms with Crippen molar-refractivity contribution < 1.29 is 9.59 Å². The van der Waals surface area contributed by atoms with Gasteiger partial charge in [0.1, 0.15) is 0 Å². The maximum atomic E-state index is 12.4.